The Bertz CT molecular complexity index is 781. The van der Waals surface area contributed by atoms with Crippen molar-refractivity contribution in [1.29, 1.82) is 0 Å². The second-order valence-corrected chi connectivity index (χ2v) is 7.05. The van der Waals surface area contributed by atoms with E-state index in [2.05, 4.69) is 56.9 Å². The average molecular weight is 386 g/mol. The molecule has 0 unspecified atom stereocenters. The highest BCUT2D eigenvalue weighted by Crippen LogP contribution is 2.08. The molecule has 0 amide bonds. The van der Waals surface area contributed by atoms with Crippen LogP contribution in [0.4, 0.5) is 0 Å². The monoisotopic (exact) mass is 385 g/mol. The second kappa shape index (κ2) is 10.2. The molecule has 2 N–H and O–H groups in total. The van der Waals surface area contributed by atoms with E-state index in [4.69, 9.17) is 9.73 Å². The Hall–Kier alpha value is -2.45. The Labute approximate surface area is 167 Å². The van der Waals surface area contributed by atoms with Gasteiger partial charge >= 0.3 is 0 Å². The molecule has 1 aromatic carbocycles. The fourth-order valence-electron chi connectivity index (χ4n) is 3.05. The van der Waals surface area contributed by atoms with Crippen molar-refractivity contribution in [3.63, 3.8) is 0 Å². The third kappa shape index (κ3) is 5.77. The molecule has 3 rings (SSSR count). The molecular weight excluding hydrogens is 354 g/mol. The van der Waals surface area contributed by atoms with Crippen LogP contribution in [0.25, 0.3) is 0 Å². The van der Waals surface area contributed by atoms with E-state index in [0.29, 0.717) is 13.1 Å². The predicted molar refractivity (Wildman–Crippen MR) is 110 cm³/mol. The highest BCUT2D eigenvalue weighted by molar-refractivity contribution is 5.79. The molecule has 8 nitrogen and oxygen atoms in total. The largest absolute Gasteiger partial charge is 0.379 e. The number of ether oxygens (including phenoxy) is 1. The maximum absolute atomic E-state index is 5.41. The van der Waals surface area contributed by atoms with Crippen LogP contribution in [0.2, 0.25) is 0 Å². The van der Waals surface area contributed by atoms with Gasteiger partial charge in [0.25, 0.3) is 0 Å². The summed E-state index contributed by atoms with van der Waals surface area (Å²) >= 11 is 0. The Morgan fingerprint density at radius 3 is 2.64 bits per heavy atom. The summed E-state index contributed by atoms with van der Waals surface area (Å²) < 4.78 is 7.40. The first-order valence-electron chi connectivity index (χ1n) is 9.85. The van der Waals surface area contributed by atoms with Gasteiger partial charge in [-0.15, -0.1) is 10.2 Å². The van der Waals surface area contributed by atoms with E-state index in [1.165, 1.54) is 11.1 Å². The quantitative estimate of drug-likeness (QED) is 0.547. The normalized spacial score (nSPS) is 15.6. The molecule has 0 bridgehead atoms. The lowest BCUT2D eigenvalue weighted by atomic mass is 10.1. The van der Waals surface area contributed by atoms with Crippen molar-refractivity contribution in [2.75, 3.05) is 39.4 Å². The molecule has 1 aromatic heterocycles. The van der Waals surface area contributed by atoms with Crippen molar-refractivity contribution in [3.8, 4) is 0 Å². The first-order valence-corrected chi connectivity index (χ1v) is 9.85. The minimum Gasteiger partial charge on any atom is -0.379 e. The molecule has 1 saturated heterocycles. The zero-order valence-electron chi connectivity index (χ0n) is 17.1. The number of guanidine groups is 1. The predicted octanol–water partition coefficient (Wildman–Crippen LogP) is 1.000. The van der Waals surface area contributed by atoms with Gasteiger partial charge in [0, 0.05) is 33.2 Å². The topological polar surface area (TPSA) is 79.6 Å². The summed E-state index contributed by atoms with van der Waals surface area (Å²) in [7, 11) is 1.97. The van der Waals surface area contributed by atoms with E-state index in [-0.39, 0.29) is 0 Å². The van der Waals surface area contributed by atoms with Gasteiger partial charge in [0.2, 0.25) is 0 Å². The van der Waals surface area contributed by atoms with Crippen LogP contribution in [0, 0.1) is 13.8 Å². The van der Waals surface area contributed by atoms with E-state index < -0.39 is 0 Å². The number of rotatable bonds is 7. The lowest BCUT2D eigenvalue weighted by molar-refractivity contribution is 0.0389. The summed E-state index contributed by atoms with van der Waals surface area (Å²) in [5, 5.41) is 15.2. The summed E-state index contributed by atoms with van der Waals surface area (Å²) in [5.41, 5.74) is 2.48. The first-order chi connectivity index (χ1) is 13.6. The highest BCUT2D eigenvalue weighted by Gasteiger charge is 2.10. The third-order valence-corrected chi connectivity index (χ3v) is 5.09. The van der Waals surface area contributed by atoms with Crippen molar-refractivity contribution >= 4 is 5.96 Å². The van der Waals surface area contributed by atoms with Crippen molar-refractivity contribution in [2.24, 2.45) is 12.0 Å². The van der Waals surface area contributed by atoms with Gasteiger partial charge in [0.1, 0.15) is 5.82 Å². The van der Waals surface area contributed by atoms with Crippen molar-refractivity contribution < 1.29 is 4.74 Å². The van der Waals surface area contributed by atoms with Crippen LogP contribution in [0.1, 0.15) is 22.8 Å². The van der Waals surface area contributed by atoms with Gasteiger partial charge in [-0.2, -0.15) is 0 Å². The molecule has 1 aliphatic heterocycles. The molecule has 8 heteroatoms. The molecule has 1 fully saturated rings. The van der Waals surface area contributed by atoms with Gasteiger partial charge < -0.3 is 19.9 Å². The van der Waals surface area contributed by atoms with Crippen molar-refractivity contribution in [1.82, 2.24) is 30.3 Å². The molecule has 1 aliphatic rings. The molecule has 0 aliphatic carbocycles. The fourth-order valence-corrected chi connectivity index (χ4v) is 3.05. The Balaban J connectivity index is 1.59. The lowest BCUT2D eigenvalue weighted by Gasteiger charge is -2.26. The minimum absolute atomic E-state index is 0.578. The van der Waals surface area contributed by atoms with Crippen LogP contribution in [-0.2, 0) is 24.9 Å². The van der Waals surface area contributed by atoms with Crippen LogP contribution < -0.4 is 10.6 Å². The van der Waals surface area contributed by atoms with Crippen LogP contribution in [-0.4, -0.2) is 65.0 Å². The molecule has 0 spiro atoms. The summed E-state index contributed by atoms with van der Waals surface area (Å²) in [6, 6.07) is 8.35. The maximum atomic E-state index is 5.41. The molecule has 2 aromatic rings. The number of morpholine rings is 1. The van der Waals surface area contributed by atoms with Gasteiger partial charge in [0.15, 0.2) is 11.8 Å². The van der Waals surface area contributed by atoms with E-state index in [0.717, 1.165) is 57.0 Å². The van der Waals surface area contributed by atoms with Crippen LogP contribution in [0.5, 0.6) is 0 Å². The number of hydrogen-bond donors (Lipinski definition) is 2. The SMILES string of the molecule is Cc1ccccc1CN=C(NCCN1CCOCC1)NCc1nnc(C)n1C. The molecule has 152 valence electrons. The molecule has 28 heavy (non-hydrogen) atoms. The van der Waals surface area contributed by atoms with Crippen LogP contribution in [0.15, 0.2) is 29.3 Å². The average Bonchev–Trinajstić information content (AvgIpc) is 3.03. The second-order valence-electron chi connectivity index (χ2n) is 7.05. The molecule has 0 atom stereocenters. The maximum Gasteiger partial charge on any atom is 0.192 e. The number of aromatic nitrogens is 3. The zero-order valence-corrected chi connectivity index (χ0v) is 17.1. The fraction of sp³-hybridized carbons (Fsp3) is 0.550. The Kier molecular flexibility index (Phi) is 7.39. The number of nitrogens with one attached hydrogen (secondary N) is 2. The molecule has 0 radical (unpaired) electrons. The number of aryl methyl sites for hydroxylation is 2. The molecule has 2 heterocycles. The van der Waals surface area contributed by atoms with E-state index in [9.17, 15) is 0 Å². The highest BCUT2D eigenvalue weighted by atomic mass is 16.5. The molecule has 0 saturated carbocycles. The standard InChI is InChI=1S/C20H31N7O/c1-16-6-4-5-7-18(16)14-22-20(21-8-9-27-10-12-28-13-11-27)23-15-19-25-24-17(2)26(19)3/h4-7H,8-15H2,1-3H3,(H2,21,22,23). The van der Waals surface area contributed by atoms with E-state index in [1.54, 1.807) is 0 Å². The summed E-state index contributed by atoms with van der Waals surface area (Å²) in [4.78, 5) is 7.19. The van der Waals surface area contributed by atoms with Gasteiger partial charge in [-0.25, -0.2) is 4.99 Å². The smallest absolute Gasteiger partial charge is 0.192 e. The van der Waals surface area contributed by atoms with Crippen LogP contribution in [0.3, 0.4) is 0 Å². The summed E-state index contributed by atoms with van der Waals surface area (Å²) in [6.45, 7) is 10.7. The van der Waals surface area contributed by atoms with E-state index >= 15 is 0 Å². The van der Waals surface area contributed by atoms with Gasteiger partial charge in [-0.05, 0) is 25.0 Å². The van der Waals surface area contributed by atoms with Crippen molar-refractivity contribution in [2.45, 2.75) is 26.9 Å². The molecular formula is C20H31N7O. The Morgan fingerprint density at radius 2 is 1.93 bits per heavy atom. The number of hydrogen-bond acceptors (Lipinski definition) is 5. The number of aliphatic imine (C=N–C) groups is 1. The van der Waals surface area contributed by atoms with Gasteiger partial charge in [-0.1, -0.05) is 24.3 Å². The van der Waals surface area contributed by atoms with Crippen molar-refractivity contribution in [3.05, 3.63) is 47.0 Å². The zero-order chi connectivity index (χ0) is 19.8. The summed E-state index contributed by atoms with van der Waals surface area (Å²) in [5.74, 6) is 2.57. The number of benzene rings is 1. The Morgan fingerprint density at radius 1 is 1.14 bits per heavy atom. The first kappa shape index (κ1) is 20.3. The lowest BCUT2D eigenvalue weighted by Crippen LogP contribution is -2.44. The van der Waals surface area contributed by atoms with Crippen LogP contribution >= 0.6 is 0 Å². The number of nitrogens with zero attached hydrogens (tertiary/aromatic N) is 5. The summed E-state index contributed by atoms with van der Waals surface area (Å²) in [6.07, 6.45) is 0. The minimum atomic E-state index is 0.578. The third-order valence-electron chi connectivity index (χ3n) is 5.09. The van der Waals surface area contributed by atoms with Gasteiger partial charge in [0.05, 0.1) is 26.3 Å². The van der Waals surface area contributed by atoms with E-state index in [1.807, 2.05) is 18.5 Å². The van der Waals surface area contributed by atoms with Gasteiger partial charge in [-0.3, -0.25) is 4.90 Å².